The lowest BCUT2D eigenvalue weighted by atomic mass is 9.93. The molecule has 0 radical (unpaired) electrons. The number of carbonyl (C=O) groups is 1. The lowest BCUT2D eigenvalue weighted by molar-refractivity contribution is -0.128. The first-order chi connectivity index (χ1) is 13.8. The fraction of sp³-hybridized carbons (Fsp3) is 0.619. The molecule has 2 N–H and O–H groups in total. The number of nitrogens with zero attached hydrogens (tertiary/aromatic N) is 3. The van der Waals surface area contributed by atoms with Gasteiger partial charge in [0.2, 0.25) is 5.91 Å². The minimum absolute atomic E-state index is 0.0198. The molecule has 0 saturated carbocycles. The molecule has 0 spiro atoms. The number of hydrogen-bond donors (Lipinski definition) is 2. The first kappa shape index (κ1) is 22.9. The number of piperazine rings is 1. The summed E-state index contributed by atoms with van der Waals surface area (Å²) in [5.74, 6) is 0.752. The molecular weight excluding hydrogens is 373 g/mol. The summed E-state index contributed by atoms with van der Waals surface area (Å²) in [6.07, 6.45) is 0. The molecule has 0 unspecified atom stereocenters. The molecule has 162 valence electrons. The van der Waals surface area contributed by atoms with Gasteiger partial charge in [-0.3, -0.25) is 14.7 Å². The van der Waals surface area contributed by atoms with Crippen LogP contribution in [0.3, 0.4) is 0 Å². The SMILES string of the molecule is CCNC(=NCC(C)(C)C(=O)NC)N1CCN(Cc2ccc(OC)c(F)c2)CC1. The van der Waals surface area contributed by atoms with Crippen molar-refractivity contribution in [2.24, 2.45) is 10.4 Å². The van der Waals surface area contributed by atoms with E-state index >= 15 is 0 Å². The molecular formula is C21H34FN5O2. The number of benzene rings is 1. The van der Waals surface area contributed by atoms with Crippen LogP contribution in [-0.4, -0.2) is 75.1 Å². The molecule has 1 saturated heterocycles. The Kier molecular flexibility index (Phi) is 8.25. The zero-order valence-corrected chi connectivity index (χ0v) is 18.2. The van der Waals surface area contributed by atoms with Gasteiger partial charge in [-0.1, -0.05) is 6.07 Å². The molecule has 1 fully saturated rings. The number of halogens is 1. The molecule has 0 atom stereocenters. The molecule has 7 nitrogen and oxygen atoms in total. The van der Waals surface area contributed by atoms with Crippen molar-refractivity contribution in [3.8, 4) is 5.75 Å². The second-order valence-electron chi connectivity index (χ2n) is 7.87. The van der Waals surface area contributed by atoms with Crippen LogP contribution in [0.2, 0.25) is 0 Å². The summed E-state index contributed by atoms with van der Waals surface area (Å²) in [4.78, 5) is 21.2. The highest BCUT2D eigenvalue weighted by molar-refractivity contribution is 5.83. The largest absolute Gasteiger partial charge is 0.494 e. The summed E-state index contributed by atoms with van der Waals surface area (Å²) in [6.45, 7) is 11.1. The van der Waals surface area contributed by atoms with E-state index in [4.69, 9.17) is 9.73 Å². The van der Waals surface area contributed by atoms with E-state index in [9.17, 15) is 9.18 Å². The van der Waals surface area contributed by atoms with Crippen molar-refractivity contribution in [3.05, 3.63) is 29.6 Å². The molecule has 8 heteroatoms. The molecule has 2 rings (SSSR count). The van der Waals surface area contributed by atoms with E-state index < -0.39 is 5.41 Å². The van der Waals surface area contributed by atoms with E-state index in [1.54, 1.807) is 13.1 Å². The maximum Gasteiger partial charge on any atom is 0.227 e. The van der Waals surface area contributed by atoms with Gasteiger partial charge >= 0.3 is 0 Å². The van der Waals surface area contributed by atoms with Gasteiger partial charge < -0.3 is 20.3 Å². The predicted molar refractivity (Wildman–Crippen MR) is 114 cm³/mol. The van der Waals surface area contributed by atoms with Crippen LogP contribution >= 0.6 is 0 Å². The Morgan fingerprint density at radius 3 is 2.52 bits per heavy atom. The second kappa shape index (κ2) is 10.4. The number of rotatable bonds is 7. The van der Waals surface area contributed by atoms with Crippen molar-refractivity contribution < 1.29 is 13.9 Å². The van der Waals surface area contributed by atoms with Crippen LogP contribution in [-0.2, 0) is 11.3 Å². The van der Waals surface area contributed by atoms with Gasteiger partial charge in [0, 0.05) is 46.3 Å². The van der Waals surface area contributed by atoms with Gasteiger partial charge in [0.25, 0.3) is 0 Å². The average Bonchev–Trinajstić information content (AvgIpc) is 2.71. The van der Waals surface area contributed by atoms with E-state index in [2.05, 4.69) is 20.4 Å². The number of guanidine groups is 1. The van der Waals surface area contributed by atoms with Crippen LogP contribution in [0.25, 0.3) is 0 Å². The van der Waals surface area contributed by atoms with Gasteiger partial charge in [-0.15, -0.1) is 0 Å². The van der Waals surface area contributed by atoms with E-state index in [1.807, 2.05) is 26.8 Å². The van der Waals surface area contributed by atoms with Gasteiger partial charge in [-0.25, -0.2) is 4.39 Å². The number of carbonyl (C=O) groups excluding carboxylic acids is 1. The number of methoxy groups -OCH3 is 1. The molecule has 0 aromatic heterocycles. The van der Waals surface area contributed by atoms with Crippen molar-refractivity contribution in [1.29, 1.82) is 0 Å². The van der Waals surface area contributed by atoms with E-state index in [0.29, 0.717) is 13.1 Å². The van der Waals surface area contributed by atoms with Crippen LogP contribution in [0.15, 0.2) is 23.2 Å². The molecule has 1 amide bonds. The normalized spacial score (nSPS) is 15.9. The van der Waals surface area contributed by atoms with Gasteiger partial charge in [0.05, 0.1) is 19.1 Å². The van der Waals surface area contributed by atoms with Gasteiger partial charge in [-0.2, -0.15) is 0 Å². The summed E-state index contributed by atoms with van der Waals surface area (Å²) in [5, 5.41) is 6.03. The van der Waals surface area contributed by atoms with Gasteiger partial charge in [0.1, 0.15) is 0 Å². The van der Waals surface area contributed by atoms with Crippen LogP contribution < -0.4 is 15.4 Å². The second-order valence-corrected chi connectivity index (χ2v) is 7.87. The molecule has 1 aliphatic rings. The Hall–Kier alpha value is -2.35. The summed E-state index contributed by atoms with van der Waals surface area (Å²) in [5.41, 5.74) is 0.375. The highest BCUT2D eigenvalue weighted by atomic mass is 19.1. The molecule has 1 aliphatic heterocycles. The third kappa shape index (κ3) is 6.32. The summed E-state index contributed by atoms with van der Waals surface area (Å²) < 4.78 is 18.9. The quantitative estimate of drug-likeness (QED) is 0.532. The Morgan fingerprint density at radius 2 is 1.97 bits per heavy atom. The van der Waals surface area contributed by atoms with E-state index in [0.717, 1.165) is 44.2 Å². The Morgan fingerprint density at radius 1 is 1.28 bits per heavy atom. The zero-order chi connectivity index (χ0) is 21.4. The first-order valence-electron chi connectivity index (χ1n) is 10.1. The van der Waals surface area contributed by atoms with Crippen molar-refractivity contribution in [3.63, 3.8) is 0 Å². The monoisotopic (exact) mass is 407 g/mol. The molecule has 0 bridgehead atoms. The Bertz CT molecular complexity index is 715. The molecule has 29 heavy (non-hydrogen) atoms. The minimum Gasteiger partial charge on any atom is -0.494 e. The smallest absolute Gasteiger partial charge is 0.227 e. The maximum absolute atomic E-state index is 13.9. The van der Waals surface area contributed by atoms with Crippen molar-refractivity contribution in [2.75, 3.05) is 53.4 Å². The Labute approximate surface area is 173 Å². The first-order valence-corrected chi connectivity index (χ1v) is 10.1. The number of amides is 1. The van der Waals surface area contributed by atoms with Crippen LogP contribution in [0.4, 0.5) is 4.39 Å². The van der Waals surface area contributed by atoms with Crippen molar-refractivity contribution in [2.45, 2.75) is 27.3 Å². The fourth-order valence-electron chi connectivity index (χ4n) is 3.29. The lowest BCUT2D eigenvalue weighted by Gasteiger charge is -2.37. The summed E-state index contributed by atoms with van der Waals surface area (Å²) >= 11 is 0. The molecule has 1 aromatic carbocycles. The summed E-state index contributed by atoms with van der Waals surface area (Å²) in [6, 6.07) is 5.11. The van der Waals surface area contributed by atoms with E-state index in [-0.39, 0.29) is 17.5 Å². The van der Waals surface area contributed by atoms with Gasteiger partial charge in [0.15, 0.2) is 17.5 Å². The van der Waals surface area contributed by atoms with Crippen LogP contribution in [0.5, 0.6) is 5.75 Å². The standard InChI is InChI=1S/C21H34FN5O2/c1-6-24-20(25-15-21(2,3)19(28)23-4)27-11-9-26(10-12-27)14-16-7-8-18(29-5)17(22)13-16/h7-8,13H,6,9-12,14-15H2,1-5H3,(H,23,28)(H,24,25). The third-order valence-corrected chi connectivity index (χ3v) is 5.09. The topological polar surface area (TPSA) is 69.2 Å². The number of ether oxygens (including phenoxy) is 1. The van der Waals surface area contributed by atoms with E-state index in [1.165, 1.54) is 13.2 Å². The van der Waals surface area contributed by atoms with Crippen LogP contribution in [0, 0.1) is 11.2 Å². The zero-order valence-electron chi connectivity index (χ0n) is 18.2. The fourth-order valence-corrected chi connectivity index (χ4v) is 3.29. The molecule has 1 heterocycles. The highest BCUT2D eigenvalue weighted by Crippen LogP contribution is 2.19. The lowest BCUT2D eigenvalue weighted by Crippen LogP contribution is -2.52. The number of aliphatic imine (C=N–C) groups is 1. The molecule has 1 aromatic rings. The van der Waals surface area contributed by atoms with Crippen molar-refractivity contribution >= 4 is 11.9 Å². The number of nitrogens with one attached hydrogen (secondary N) is 2. The number of hydrogen-bond acceptors (Lipinski definition) is 4. The minimum atomic E-state index is -0.560. The van der Waals surface area contributed by atoms with Crippen molar-refractivity contribution in [1.82, 2.24) is 20.4 Å². The Balaban J connectivity index is 1.95. The average molecular weight is 408 g/mol. The highest BCUT2D eigenvalue weighted by Gasteiger charge is 2.27. The third-order valence-electron chi connectivity index (χ3n) is 5.09. The maximum atomic E-state index is 13.9. The van der Waals surface area contributed by atoms with Gasteiger partial charge in [-0.05, 0) is 38.5 Å². The predicted octanol–water partition coefficient (Wildman–Crippen LogP) is 1.69. The summed E-state index contributed by atoms with van der Waals surface area (Å²) in [7, 11) is 3.11. The molecule has 0 aliphatic carbocycles. The van der Waals surface area contributed by atoms with Crippen LogP contribution in [0.1, 0.15) is 26.3 Å².